The standard InChI is InChI=1S/C36H45F2N3O6/c1-44-31-23-29(24-32(45-2)33(31)46-3)36(37,38)34(42)41-22-12-18-30(41)26-47-35(43)40(20-9-7-15-27-13-5-4-6-14-27)21-10-8-16-28-17-11-19-39-25-28/h4-6,11,13-14,17,19,23-25,30H,7-10,12,15-16,18,20-22,26H2,1-3H3/t30-/m0/s1. The SMILES string of the molecule is COc1cc(C(F)(F)C(=O)N2CCC[C@H]2COC(=O)N(CCCCc2ccccc2)CCCCc2cccnc2)cc(OC)c1OC. The molecule has 0 radical (unpaired) electrons. The van der Waals surface area contributed by atoms with Gasteiger partial charge in [-0.05, 0) is 80.7 Å². The van der Waals surface area contributed by atoms with Crippen molar-refractivity contribution in [2.24, 2.45) is 0 Å². The number of hydrogen-bond donors (Lipinski definition) is 0. The van der Waals surface area contributed by atoms with E-state index in [0.29, 0.717) is 25.9 Å². The first-order valence-electron chi connectivity index (χ1n) is 16.1. The number of nitrogens with zero attached hydrogens (tertiary/aromatic N) is 3. The molecule has 3 aromatic rings. The highest BCUT2D eigenvalue weighted by atomic mass is 19.3. The lowest BCUT2D eigenvalue weighted by Crippen LogP contribution is -2.46. The minimum atomic E-state index is -3.88. The van der Waals surface area contributed by atoms with Crippen LogP contribution in [0.4, 0.5) is 13.6 Å². The predicted octanol–water partition coefficient (Wildman–Crippen LogP) is 6.67. The lowest BCUT2D eigenvalue weighted by atomic mass is 10.0. The van der Waals surface area contributed by atoms with Crippen molar-refractivity contribution in [3.05, 3.63) is 83.7 Å². The normalized spacial score (nSPS) is 14.5. The highest BCUT2D eigenvalue weighted by Crippen LogP contribution is 2.43. The largest absolute Gasteiger partial charge is 0.493 e. The first-order valence-corrected chi connectivity index (χ1v) is 16.1. The zero-order valence-electron chi connectivity index (χ0n) is 27.5. The summed E-state index contributed by atoms with van der Waals surface area (Å²) in [7, 11) is 4.01. The van der Waals surface area contributed by atoms with Crippen molar-refractivity contribution in [3.8, 4) is 17.2 Å². The van der Waals surface area contributed by atoms with Gasteiger partial charge in [0.1, 0.15) is 6.61 Å². The number of benzene rings is 2. The maximum atomic E-state index is 15.7. The van der Waals surface area contributed by atoms with Crippen LogP contribution in [0.1, 0.15) is 55.2 Å². The summed E-state index contributed by atoms with van der Waals surface area (Å²) in [6.07, 6.45) is 9.17. The summed E-state index contributed by atoms with van der Waals surface area (Å²) >= 11 is 0. The van der Waals surface area contributed by atoms with E-state index in [4.69, 9.17) is 18.9 Å². The fourth-order valence-electron chi connectivity index (χ4n) is 5.85. The summed E-state index contributed by atoms with van der Waals surface area (Å²) in [5.74, 6) is -5.05. The van der Waals surface area contributed by atoms with E-state index in [9.17, 15) is 9.59 Å². The third-order valence-electron chi connectivity index (χ3n) is 8.44. The number of carbonyl (C=O) groups is 2. The molecule has 0 saturated carbocycles. The Bertz CT molecular complexity index is 1350. The summed E-state index contributed by atoms with van der Waals surface area (Å²) in [6.45, 7) is 1.01. The van der Waals surface area contributed by atoms with Gasteiger partial charge in [0.2, 0.25) is 5.75 Å². The van der Waals surface area contributed by atoms with E-state index >= 15 is 8.78 Å². The Morgan fingerprint density at radius 3 is 2.13 bits per heavy atom. The summed E-state index contributed by atoms with van der Waals surface area (Å²) < 4.78 is 52.8. The Balaban J connectivity index is 1.37. The number of amides is 2. The van der Waals surface area contributed by atoms with Crippen molar-refractivity contribution in [2.75, 3.05) is 47.6 Å². The molecule has 47 heavy (non-hydrogen) atoms. The molecule has 11 heteroatoms. The van der Waals surface area contributed by atoms with Crippen LogP contribution in [0, 0.1) is 0 Å². The maximum Gasteiger partial charge on any atom is 0.409 e. The summed E-state index contributed by atoms with van der Waals surface area (Å²) in [5, 5.41) is 0. The summed E-state index contributed by atoms with van der Waals surface area (Å²) in [6, 6.07) is 15.6. The Morgan fingerprint density at radius 2 is 1.53 bits per heavy atom. The molecule has 254 valence electrons. The molecular weight excluding hydrogens is 608 g/mol. The number of rotatable bonds is 17. The number of hydrogen-bond acceptors (Lipinski definition) is 7. The molecule has 0 unspecified atom stereocenters. The van der Waals surface area contributed by atoms with Crippen LogP contribution in [0.2, 0.25) is 0 Å². The predicted molar refractivity (Wildman–Crippen MR) is 174 cm³/mol. The van der Waals surface area contributed by atoms with Crippen molar-refractivity contribution < 1.29 is 37.3 Å². The smallest absolute Gasteiger partial charge is 0.409 e. The fourth-order valence-corrected chi connectivity index (χ4v) is 5.85. The van der Waals surface area contributed by atoms with Gasteiger partial charge in [-0.25, -0.2) is 4.79 Å². The lowest BCUT2D eigenvalue weighted by molar-refractivity contribution is -0.160. The van der Waals surface area contributed by atoms with Crippen LogP contribution in [0.5, 0.6) is 17.2 Å². The van der Waals surface area contributed by atoms with E-state index in [0.717, 1.165) is 61.1 Å². The second-order valence-corrected chi connectivity index (χ2v) is 11.6. The number of likely N-dealkylation sites (tertiary alicyclic amines) is 1. The van der Waals surface area contributed by atoms with Gasteiger partial charge >= 0.3 is 12.0 Å². The molecule has 2 aromatic carbocycles. The van der Waals surface area contributed by atoms with Crippen LogP contribution in [-0.2, 0) is 28.3 Å². The Labute approximate surface area is 275 Å². The number of aryl methyl sites for hydroxylation is 2. The minimum Gasteiger partial charge on any atom is -0.493 e. The average molecular weight is 654 g/mol. The van der Waals surface area contributed by atoms with Crippen molar-refractivity contribution in [1.29, 1.82) is 0 Å². The molecule has 2 amide bonds. The van der Waals surface area contributed by atoms with Crippen LogP contribution in [0.3, 0.4) is 0 Å². The third-order valence-corrected chi connectivity index (χ3v) is 8.44. The zero-order chi connectivity index (χ0) is 33.6. The zero-order valence-corrected chi connectivity index (χ0v) is 27.5. The molecule has 9 nitrogen and oxygen atoms in total. The second kappa shape index (κ2) is 17.5. The molecule has 0 N–H and O–H groups in total. The monoisotopic (exact) mass is 653 g/mol. The number of unbranched alkanes of at least 4 members (excludes halogenated alkanes) is 2. The highest BCUT2D eigenvalue weighted by Gasteiger charge is 2.48. The van der Waals surface area contributed by atoms with E-state index in [2.05, 4.69) is 17.1 Å². The quantitative estimate of drug-likeness (QED) is 0.150. The molecule has 0 aliphatic carbocycles. The van der Waals surface area contributed by atoms with Crippen LogP contribution in [-0.4, -0.2) is 80.4 Å². The van der Waals surface area contributed by atoms with Gasteiger partial charge in [-0.1, -0.05) is 36.4 Å². The maximum absolute atomic E-state index is 15.7. The van der Waals surface area contributed by atoms with E-state index in [1.165, 1.54) is 26.9 Å². The van der Waals surface area contributed by atoms with Crippen molar-refractivity contribution >= 4 is 12.0 Å². The molecule has 1 aliphatic rings. The molecule has 0 spiro atoms. The highest BCUT2D eigenvalue weighted by molar-refractivity contribution is 5.86. The minimum absolute atomic E-state index is 0.0190. The number of aromatic nitrogens is 1. The molecule has 1 saturated heterocycles. The van der Waals surface area contributed by atoms with Crippen molar-refractivity contribution in [1.82, 2.24) is 14.8 Å². The van der Waals surface area contributed by atoms with Crippen LogP contribution >= 0.6 is 0 Å². The lowest BCUT2D eigenvalue weighted by Gasteiger charge is -2.30. The number of alkyl halides is 2. The molecule has 0 bridgehead atoms. The van der Waals surface area contributed by atoms with Gasteiger partial charge in [-0.15, -0.1) is 0 Å². The number of pyridine rings is 1. The van der Waals surface area contributed by atoms with Gasteiger partial charge in [-0.3, -0.25) is 9.78 Å². The molecule has 1 aromatic heterocycles. The van der Waals surface area contributed by atoms with Crippen LogP contribution in [0.15, 0.2) is 67.0 Å². The fraction of sp³-hybridized carbons (Fsp3) is 0.472. The van der Waals surface area contributed by atoms with Crippen LogP contribution < -0.4 is 14.2 Å². The first kappa shape index (κ1) is 35.4. The second-order valence-electron chi connectivity index (χ2n) is 11.6. The van der Waals surface area contributed by atoms with E-state index < -0.39 is 29.5 Å². The van der Waals surface area contributed by atoms with Gasteiger partial charge in [-0.2, -0.15) is 8.78 Å². The molecule has 2 heterocycles. The van der Waals surface area contributed by atoms with Gasteiger partial charge < -0.3 is 28.7 Å². The third kappa shape index (κ3) is 9.56. The van der Waals surface area contributed by atoms with Crippen molar-refractivity contribution in [3.63, 3.8) is 0 Å². The number of halogens is 2. The van der Waals surface area contributed by atoms with Gasteiger partial charge in [0, 0.05) is 37.6 Å². The summed E-state index contributed by atoms with van der Waals surface area (Å²) in [4.78, 5) is 33.6. The van der Waals surface area contributed by atoms with Gasteiger partial charge in [0.25, 0.3) is 5.91 Å². The van der Waals surface area contributed by atoms with E-state index in [1.54, 1.807) is 11.1 Å². The Morgan fingerprint density at radius 1 is 0.894 bits per heavy atom. The molecule has 4 rings (SSSR count). The van der Waals surface area contributed by atoms with Crippen LogP contribution in [0.25, 0.3) is 0 Å². The number of carbonyl (C=O) groups excluding carboxylic acids is 2. The Hall–Kier alpha value is -4.41. The number of methoxy groups -OCH3 is 3. The van der Waals surface area contributed by atoms with Gasteiger partial charge in [0.05, 0.1) is 27.4 Å². The van der Waals surface area contributed by atoms with Crippen molar-refractivity contribution in [2.45, 2.75) is 63.3 Å². The van der Waals surface area contributed by atoms with E-state index in [-0.39, 0.29) is 30.4 Å². The Kier molecular flexibility index (Phi) is 13.2. The molecule has 1 aliphatic heterocycles. The van der Waals surface area contributed by atoms with Gasteiger partial charge in [0.15, 0.2) is 11.5 Å². The van der Waals surface area contributed by atoms with E-state index in [1.807, 2.05) is 36.5 Å². The summed E-state index contributed by atoms with van der Waals surface area (Å²) in [5.41, 5.74) is 1.80. The number of ether oxygens (including phenoxy) is 4. The molecular formula is C36H45F2N3O6. The topological polar surface area (TPSA) is 90.4 Å². The molecule has 1 fully saturated rings. The molecule has 1 atom stereocenters. The average Bonchev–Trinajstić information content (AvgIpc) is 3.58. The first-order chi connectivity index (χ1) is 22.8.